The van der Waals surface area contributed by atoms with Crippen LogP contribution in [-0.2, 0) is 0 Å². The Labute approximate surface area is 168 Å². The Balaban J connectivity index is 1.77. The van der Waals surface area contributed by atoms with E-state index in [2.05, 4.69) is 15.6 Å². The molecule has 0 saturated heterocycles. The largest absolute Gasteiger partial charge is 0.322 e. The number of benzene rings is 2. The lowest BCUT2D eigenvalue weighted by Gasteiger charge is -2.11. The molecule has 2 N–H and O–H groups in total. The van der Waals surface area contributed by atoms with E-state index in [-0.39, 0.29) is 17.4 Å². The highest BCUT2D eigenvalue weighted by Gasteiger charge is 2.13. The molecule has 1 aromatic heterocycles. The number of rotatable bonds is 4. The van der Waals surface area contributed by atoms with Gasteiger partial charge in [0.05, 0.1) is 11.1 Å². The first-order valence-corrected chi connectivity index (χ1v) is 9.13. The standard InChI is InChI=1S/C22H20ClN3O2/c1-13-5-4-6-20(15(13)3)26-22(28)17-9-16(11-24-12-17)21(27)25-18-8-7-14(2)19(23)10-18/h4-12H,1-3H3,(H,25,27)(H,26,28). The van der Waals surface area contributed by atoms with Crippen molar-refractivity contribution < 1.29 is 9.59 Å². The Morgan fingerprint density at radius 3 is 2.21 bits per heavy atom. The van der Waals surface area contributed by atoms with E-state index >= 15 is 0 Å². The van der Waals surface area contributed by atoms with Gasteiger partial charge in [-0.1, -0.05) is 29.8 Å². The molecule has 3 aromatic rings. The number of aryl methyl sites for hydroxylation is 2. The fourth-order valence-electron chi connectivity index (χ4n) is 2.64. The van der Waals surface area contributed by atoms with Crippen LogP contribution in [0, 0.1) is 20.8 Å². The quantitative estimate of drug-likeness (QED) is 0.642. The van der Waals surface area contributed by atoms with Crippen LogP contribution < -0.4 is 10.6 Å². The van der Waals surface area contributed by atoms with Crippen molar-refractivity contribution in [3.63, 3.8) is 0 Å². The van der Waals surface area contributed by atoms with Gasteiger partial charge >= 0.3 is 0 Å². The molecule has 0 aliphatic heterocycles. The Bertz CT molecular complexity index is 1060. The van der Waals surface area contributed by atoms with Crippen molar-refractivity contribution in [1.29, 1.82) is 0 Å². The molecule has 0 atom stereocenters. The third-order valence-corrected chi connectivity index (χ3v) is 4.95. The first-order chi connectivity index (χ1) is 13.3. The summed E-state index contributed by atoms with van der Waals surface area (Å²) in [5.41, 5.74) is 4.89. The van der Waals surface area contributed by atoms with E-state index in [9.17, 15) is 9.59 Å². The summed E-state index contributed by atoms with van der Waals surface area (Å²) >= 11 is 6.09. The van der Waals surface area contributed by atoms with Crippen molar-refractivity contribution in [3.8, 4) is 0 Å². The summed E-state index contributed by atoms with van der Waals surface area (Å²) in [4.78, 5) is 29.1. The van der Waals surface area contributed by atoms with E-state index in [1.54, 1.807) is 12.1 Å². The van der Waals surface area contributed by atoms with Gasteiger partial charge in [0.2, 0.25) is 0 Å². The van der Waals surface area contributed by atoms with Gasteiger partial charge in [-0.15, -0.1) is 0 Å². The summed E-state index contributed by atoms with van der Waals surface area (Å²) in [6.45, 7) is 5.81. The van der Waals surface area contributed by atoms with E-state index in [1.165, 1.54) is 18.5 Å². The minimum atomic E-state index is -0.367. The second-order valence-electron chi connectivity index (χ2n) is 6.58. The first kappa shape index (κ1) is 19.6. The maximum absolute atomic E-state index is 12.6. The molecular weight excluding hydrogens is 374 g/mol. The van der Waals surface area contributed by atoms with Gasteiger partial charge in [0.1, 0.15) is 0 Å². The van der Waals surface area contributed by atoms with Crippen LogP contribution in [0.2, 0.25) is 5.02 Å². The Morgan fingerprint density at radius 2 is 1.54 bits per heavy atom. The third-order valence-electron chi connectivity index (χ3n) is 4.55. The van der Waals surface area contributed by atoms with Gasteiger partial charge in [-0.05, 0) is 61.7 Å². The molecule has 6 heteroatoms. The summed E-state index contributed by atoms with van der Waals surface area (Å²) < 4.78 is 0. The van der Waals surface area contributed by atoms with Crippen molar-refractivity contribution >= 4 is 34.8 Å². The zero-order chi connectivity index (χ0) is 20.3. The SMILES string of the molecule is Cc1ccc(NC(=O)c2cncc(C(=O)Nc3cccc(C)c3C)c2)cc1Cl. The van der Waals surface area contributed by atoms with Crippen molar-refractivity contribution in [2.75, 3.05) is 10.6 Å². The Morgan fingerprint density at radius 1 is 0.857 bits per heavy atom. The second kappa shape index (κ2) is 8.23. The summed E-state index contributed by atoms with van der Waals surface area (Å²) in [5.74, 6) is -0.692. The second-order valence-corrected chi connectivity index (χ2v) is 6.99. The molecule has 0 aliphatic rings. The number of carbonyl (C=O) groups is 2. The van der Waals surface area contributed by atoms with Gasteiger partial charge in [-0.25, -0.2) is 0 Å². The van der Waals surface area contributed by atoms with Crippen molar-refractivity contribution in [3.05, 3.63) is 87.7 Å². The monoisotopic (exact) mass is 393 g/mol. The number of pyridine rings is 1. The van der Waals surface area contributed by atoms with Crippen LogP contribution in [0.5, 0.6) is 0 Å². The smallest absolute Gasteiger partial charge is 0.257 e. The molecule has 2 aromatic carbocycles. The third kappa shape index (κ3) is 4.38. The number of nitrogens with zero attached hydrogens (tertiary/aromatic N) is 1. The molecule has 1 heterocycles. The average Bonchev–Trinajstić information content (AvgIpc) is 2.68. The molecule has 0 aliphatic carbocycles. The molecule has 142 valence electrons. The number of halogens is 1. The molecule has 0 bridgehead atoms. The van der Waals surface area contributed by atoms with E-state index in [0.29, 0.717) is 16.3 Å². The van der Waals surface area contributed by atoms with Gasteiger partial charge in [0, 0.05) is 28.8 Å². The topological polar surface area (TPSA) is 71.1 Å². The highest BCUT2D eigenvalue weighted by atomic mass is 35.5. The Hall–Kier alpha value is -3.18. The lowest BCUT2D eigenvalue weighted by Crippen LogP contribution is -2.16. The minimum Gasteiger partial charge on any atom is -0.322 e. The van der Waals surface area contributed by atoms with E-state index < -0.39 is 0 Å². The molecule has 2 amide bonds. The van der Waals surface area contributed by atoms with Gasteiger partial charge in [-0.3, -0.25) is 14.6 Å². The van der Waals surface area contributed by atoms with Crippen LogP contribution in [-0.4, -0.2) is 16.8 Å². The predicted molar refractivity (Wildman–Crippen MR) is 112 cm³/mol. The zero-order valence-corrected chi connectivity index (χ0v) is 16.6. The highest BCUT2D eigenvalue weighted by Crippen LogP contribution is 2.21. The maximum Gasteiger partial charge on any atom is 0.257 e. The van der Waals surface area contributed by atoms with E-state index in [4.69, 9.17) is 11.6 Å². The normalized spacial score (nSPS) is 10.4. The fraction of sp³-hybridized carbons (Fsp3) is 0.136. The minimum absolute atomic E-state index is 0.283. The molecular formula is C22H20ClN3O2. The number of carbonyl (C=O) groups excluding carboxylic acids is 2. The molecule has 0 radical (unpaired) electrons. The number of hydrogen-bond acceptors (Lipinski definition) is 3. The molecule has 28 heavy (non-hydrogen) atoms. The van der Waals surface area contributed by atoms with Crippen LogP contribution >= 0.6 is 11.6 Å². The van der Waals surface area contributed by atoms with Gasteiger partial charge in [-0.2, -0.15) is 0 Å². The van der Waals surface area contributed by atoms with Crippen LogP contribution in [0.3, 0.4) is 0 Å². The summed E-state index contributed by atoms with van der Waals surface area (Å²) in [6, 6.07) is 12.5. The molecule has 5 nitrogen and oxygen atoms in total. The van der Waals surface area contributed by atoms with Crippen LogP contribution in [0.4, 0.5) is 11.4 Å². The first-order valence-electron chi connectivity index (χ1n) is 8.75. The van der Waals surface area contributed by atoms with Crippen molar-refractivity contribution in [2.45, 2.75) is 20.8 Å². The zero-order valence-electron chi connectivity index (χ0n) is 15.8. The molecule has 0 spiro atoms. The Kier molecular flexibility index (Phi) is 5.76. The van der Waals surface area contributed by atoms with Crippen LogP contribution in [0.1, 0.15) is 37.4 Å². The van der Waals surface area contributed by atoms with Crippen molar-refractivity contribution in [2.24, 2.45) is 0 Å². The lowest BCUT2D eigenvalue weighted by molar-refractivity contribution is 0.102. The van der Waals surface area contributed by atoms with Crippen molar-refractivity contribution in [1.82, 2.24) is 4.98 Å². The van der Waals surface area contributed by atoms with Crippen LogP contribution in [0.15, 0.2) is 54.9 Å². The van der Waals surface area contributed by atoms with E-state index in [1.807, 2.05) is 45.0 Å². The molecule has 0 unspecified atom stereocenters. The number of aromatic nitrogens is 1. The summed E-state index contributed by atoms with van der Waals surface area (Å²) in [7, 11) is 0. The van der Waals surface area contributed by atoms with E-state index in [0.717, 1.165) is 22.4 Å². The summed E-state index contributed by atoms with van der Waals surface area (Å²) in [6.07, 6.45) is 2.85. The number of nitrogens with one attached hydrogen (secondary N) is 2. The highest BCUT2D eigenvalue weighted by molar-refractivity contribution is 6.31. The lowest BCUT2D eigenvalue weighted by atomic mass is 10.1. The average molecular weight is 394 g/mol. The molecule has 3 rings (SSSR count). The number of amides is 2. The van der Waals surface area contributed by atoms with Gasteiger partial charge < -0.3 is 10.6 Å². The van der Waals surface area contributed by atoms with Crippen LogP contribution in [0.25, 0.3) is 0 Å². The number of anilines is 2. The maximum atomic E-state index is 12.6. The van der Waals surface area contributed by atoms with Gasteiger partial charge in [0.15, 0.2) is 0 Å². The predicted octanol–water partition coefficient (Wildman–Crippen LogP) is 5.16. The fourth-order valence-corrected chi connectivity index (χ4v) is 2.82. The number of hydrogen-bond donors (Lipinski definition) is 2. The van der Waals surface area contributed by atoms with Gasteiger partial charge in [0.25, 0.3) is 11.8 Å². The molecule has 0 saturated carbocycles. The summed E-state index contributed by atoms with van der Waals surface area (Å²) in [5, 5.41) is 6.20. The molecule has 0 fully saturated rings.